The largest absolute Gasteiger partial charge is 0.383 e. The maximum Gasteiger partial charge on any atom is 0.276 e. The number of rotatable bonds is 7. The van der Waals surface area contributed by atoms with Gasteiger partial charge >= 0.3 is 0 Å². The summed E-state index contributed by atoms with van der Waals surface area (Å²) >= 11 is 0. The van der Waals surface area contributed by atoms with E-state index in [0.29, 0.717) is 6.61 Å². The molecule has 0 atom stereocenters. The van der Waals surface area contributed by atoms with Gasteiger partial charge in [0.15, 0.2) is 0 Å². The van der Waals surface area contributed by atoms with Crippen molar-refractivity contribution in [1.82, 2.24) is 9.40 Å². The van der Waals surface area contributed by atoms with E-state index in [-0.39, 0.29) is 4.90 Å². The van der Waals surface area contributed by atoms with Gasteiger partial charge in [0.1, 0.15) is 0 Å². The zero-order valence-corrected chi connectivity index (χ0v) is 14.3. The van der Waals surface area contributed by atoms with Crippen LogP contribution in [0.5, 0.6) is 0 Å². The average molecular weight is 335 g/mol. The van der Waals surface area contributed by atoms with Crippen LogP contribution in [0, 0.1) is 13.8 Å². The summed E-state index contributed by atoms with van der Waals surface area (Å²) in [6.07, 6.45) is 1.52. The molecule has 0 aliphatic heterocycles. The van der Waals surface area contributed by atoms with Crippen LogP contribution in [0.15, 0.2) is 46.4 Å². The average Bonchev–Trinajstić information content (AvgIpc) is 2.80. The predicted octanol–water partition coefficient (Wildman–Crippen LogP) is 2.06. The second-order valence-corrected chi connectivity index (χ2v) is 6.80. The molecule has 0 saturated carbocycles. The lowest BCUT2D eigenvalue weighted by molar-refractivity contribution is 0.186. The van der Waals surface area contributed by atoms with Crippen molar-refractivity contribution in [3.05, 3.63) is 53.3 Å². The summed E-state index contributed by atoms with van der Waals surface area (Å²) in [6, 6.07) is 10.1. The van der Waals surface area contributed by atoms with Crippen molar-refractivity contribution in [3.63, 3.8) is 0 Å². The summed E-state index contributed by atoms with van der Waals surface area (Å²) < 4.78 is 31.3. The summed E-state index contributed by atoms with van der Waals surface area (Å²) in [6.45, 7) is 5.33. The van der Waals surface area contributed by atoms with Crippen LogP contribution in [-0.2, 0) is 21.3 Å². The summed E-state index contributed by atoms with van der Waals surface area (Å²) in [5.74, 6) is 0. The maximum absolute atomic E-state index is 12.1. The molecule has 0 aliphatic rings. The highest BCUT2D eigenvalue weighted by atomic mass is 32.2. The van der Waals surface area contributed by atoms with Gasteiger partial charge in [-0.2, -0.15) is 13.5 Å². The van der Waals surface area contributed by atoms with Crippen molar-refractivity contribution in [3.8, 4) is 0 Å². The van der Waals surface area contributed by atoms with Gasteiger partial charge in [-0.3, -0.25) is 0 Å². The summed E-state index contributed by atoms with van der Waals surface area (Å²) in [7, 11) is -1.97. The van der Waals surface area contributed by atoms with Gasteiger partial charge in [0.25, 0.3) is 10.0 Å². The molecule has 1 N–H and O–H groups in total. The van der Waals surface area contributed by atoms with E-state index in [1.807, 2.05) is 19.9 Å². The highest BCUT2D eigenvalue weighted by molar-refractivity contribution is 7.89. The fourth-order valence-corrected chi connectivity index (χ4v) is 3.12. The first-order valence-corrected chi connectivity index (χ1v) is 8.69. The standard InChI is InChI=1S/C16H21N3O3S/c1-13-11-15(14(2)19(13)9-10-22-3)12-17-18-23(20,21)16-7-5-4-6-8-16/h4-8,11-12,18H,9-10H2,1-3H3. The minimum Gasteiger partial charge on any atom is -0.383 e. The van der Waals surface area contributed by atoms with Crippen molar-refractivity contribution < 1.29 is 13.2 Å². The molecular formula is C16H21N3O3S. The maximum atomic E-state index is 12.1. The van der Waals surface area contributed by atoms with E-state index in [1.165, 1.54) is 18.3 Å². The van der Waals surface area contributed by atoms with Crippen LogP contribution in [0.25, 0.3) is 0 Å². The monoisotopic (exact) mass is 335 g/mol. The first-order valence-electron chi connectivity index (χ1n) is 7.21. The minimum atomic E-state index is -3.64. The quantitative estimate of drug-likeness (QED) is 0.622. The van der Waals surface area contributed by atoms with Gasteiger partial charge in [0.05, 0.1) is 17.7 Å². The zero-order valence-electron chi connectivity index (χ0n) is 13.5. The Morgan fingerprint density at radius 3 is 2.61 bits per heavy atom. The molecule has 0 saturated heterocycles. The van der Waals surface area contributed by atoms with Gasteiger partial charge in [-0.05, 0) is 32.0 Å². The van der Waals surface area contributed by atoms with Crippen molar-refractivity contribution >= 4 is 16.2 Å². The molecule has 7 heteroatoms. The Hall–Kier alpha value is -2.12. The zero-order chi connectivity index (χ0) is 16.9. The van der Waals surface area contributed by atoms with Crippen molar-refractivity contribution in [2.45, 2.75) is 25.3 Å². The molecule has 124 valence electrons. The third-order valence-corrected chi connectivity index (χ3v) is 4.80. The Balaban J connectivity index is 2.12. The van der Waals surface area contributed by atoms with Gasteiger partial charge in [-0.1, -0.05) is 18.2 Å². The topological polar surface area (TPSA) is 72.7 Å². The van der Waals surface area contributed by atoms with Crippen LogP contribution in [0.3, 0.4) is 0 Å². The highest BCUT2D eigenvalue weighted by Crippen LogP contribution is 2.13. The Bertz CT molecular complexity index is 780. The molecule has 0 aliphatic carbocycles. The number of hydrogen-bond donors (Lipinski definition) is 1. The van der Waals surface area contributed by atoms with Gasteiger partial charge in [0, 0.05) is 30.6 Å². The highest BCUT2D eigenvalue weighted by Gasteiger charge is 2.12. The molecule has 0 fully saturated rings. The van der Waals surface area contributed by atoms with E-state index in [0.717, 1.165) is 23.5 Å². The van der Waals surface area contributed by atoms with Gasteiger partial charge in [0.2, 0.25) is 0 Å². The second kappa shape index (κ2) is 7.43. The summed E-state index contributed by atoms with van der Waals surface area (Å²) in [4.78, 5) is 2.41. The molecule has 23 heavy (non-hydrogen) atoms. The molecule has 2 aromatic rings. The first kappa shape index (κ1) is 17.2. The SMILES string of the molecule is COCCn1c(C)cc(C=NNS(=O)(=O)c2ccccc2)c1C. The van der Waals surface area contributed by atoms with Crippen LogP contribution < -0.4 is 4.83 Å². The van der Waals surface area contributed by atoms with E-state index in [9.17, 15) is 8.42 Å². The van der Waals surface area contributed by atoms with E-state index >= 15 is 0 Å². The lowest BCUT2D eigenvalue weighted by atomic mass is 10.3. The van der Waals surface area contributed by atoms with E-state index in [2.05, 4.69) is 14.5 Å². The summed E-state index contributed by atoms with van der Waals surface area (Å²) in [5.41, 5.74) is 2.96. The van der Waals surface area contributed by atoms with Crippen LogP contribution in [0.1, 0.15) is 17.0 Å². The Labute approximate surface area is 136 Å². The van der Waals surface area contributed by atoms with E-state index in [4.69, 9.17) is 4.74 Å². The molecule has 0 unspecified atom stereocenters. The van der Waals surface area contributed by atoms with E-state index < -0.39 is 10.0 Å². The minimum absolute atomic E-state index is 0.183. The van der Waals surface area contributed by atoms with Crippen LogP contribution >= 0.6 is 0 Å². The molecule has 1 heterocycles. The molecule has 2 rings (SSSR count). The number of nitrogens with one attached hydrogen (secondary N) is 1. The molecule has 0 radical (unpaired) electrons. The molecule has 1 aromatic carbocycles. The number of aromatic nitrogens is 1. The number of methoxy groups -OCH3 is 1. The van der Waals surface area contributed by atoms with Gasteiger partial charge in [-0.25, -0.2) is 4.83 Å². The van der Waals surface area contributed by atoms with E-state index in [1.54, 1.807) is 25.3 Å². The van der Waals surface area contributed by atoms with Crippen LogP contribution in [-0.4, -0.2) is 32.9 Å². The molecule has 0 amide bonds. The molecule has 0 bridgehead atoms. The fourth-order valence-electron chi connectivity index (χ4n) is 2.30. The molecular weight excluding hydrogens is 314 g/mol. The van der Waals surface area contributed by atoms with Crippen LogP contribution in [0.2, 0.25) is 0 Å². The van der Waals surface area contributed by atoms with Crippen LogP contribution in [0.4, 0.5) is 0 Å². The number of hydrazone groups is 1. The number of hydrogen-bond acceptors (Lipinski definition) is 4. The molecule has 1 aromatic heterocycles. The number of sulfonamides is 1. The molecule has 6 nitrogen and oxygen atoms in total. The number of aryl methyl sites for hydroxylation is 1. The van der Waals surface area contributed by atoms with Crippen molar-refractivity contribution in [1.29, 1.82) is 0 Å². The lowest BCUT2D eigenvalue weighted by Crippen LogP contribution is -2.18. The number of benzene rings is 1. The van der Waals surface area contributed by atoms with Gasteiger partial charge < -0.3 is 9.30 Å². The van der Waals surface area contributed by atoms with Crippen molar-refractivity contribution in [2.24, 2.45) is 5.10 Å². The first-order chi connectivity index (χ1) is 11.0. The smallest absolute Gasteiger partial charge is 0.276 e. The van der Waals surface area contributed by atoms with Crippen molar-refractivity contribution in [2.75, 3.05) is 13.7 Å². The Morgan fingerprint density at radius 2 is 1.96 bits per heavy atom. The third kappa shape index (κ3) is 4.20. The number of ether oxygens (including phenoxy) is 1. The van der Waals surface area contributed by atoms with Gasteiger partial charge in [-0.15, -0.1) is 0 Å². The molecule has 0 spiro atoms. The predicted molar refractivity (Wildman–Crippen MR) is 90.1 cm³/mol. The normalized spacial score (nSPS) is 12.0. The Morgan fingerprint density at radius 1 is 1.26 bits per heavy atom. The third-order valence-electron chi connectivity index (χ3n) is 3.56. The lowest BCUT2D eigenvalue weighted by Gasteiger charge is -2.08. The fraction of sp³-hybridized carbons (Fsp3) is 0.312. The summed E-state index contributed by atoms with van der Waals surface area (Å²) in [5, 5.41) is 3.88. The second-order valence-electron chi connectivity index (χ2n) is 5.14. The number of nitrogens with zero attached hydrogens (tertiary/aromatic N) is 2. The Kier molecular flexibility index (Phi) is 5.57.